The molecule has 2 amide bonds. The van der Waals surface area contributed by atoms with Crippen molar-refractivity contribution < 1.29 is 19.2 Å². The van der Waals surface area contributed by atoms with Crippen LogP contribution < -0.4 is 11.1 Å². The molecule has 8 aliphatic rings. The highest BCUT2D eigenvalue weighted by atomic mass is 32.2. The number of tetrazole rings is 2. The van der Waals surface area contributed by atoms with E-state index < -0.39 is 0 Å². The summed E-state index contributed by atoms with van der Waals surface area (Å²) in [7, 11) is 10.4. The molecule has 382 valence electrons. The number of aryl methyl sites for hydroxylation is 3. The number of oxime groups is 1. The van der Waals surface area contributed by atoms with Gasteiger partial charge in [-0.1, -0.05) is 17.3 Å². The molecule has 1 unspecified atom stereocenters. The minimum atomic E-state index is -0.0694. The SMILES string of the molecule is CC1=NCCO1.CC1=NCCS1.CC1=NOCC1.CC1=NSCC1.CC1C=NNC1.CN1CCC=N1.CN1N=CCC1=O.CN1N=NCC1=O.Cn1cc[nH]c1=O.Cn1cnnn1.Cn1ncnn1. The number of aliphatic imine (C=N–C) groups is 2. The van der Waals surface area contributed by atoms with Crippen molar-refractivity contribution in [2.24, 2.45) is 72.2 Å². The largest absolute Gasteiger partial charge is 0.479 e. The number of thioether (sulfide) groups is 1. The van der Waals surface area contributed by atoms with Gasteiger partial charge >= 0.3 is 5.69 Å². The molecule has 1 atom stereocenters. The number of aromatic nitrogens is 10. The van der Waals surface area contributed by atoms with E-state index in [1.807, 2.05) is 50.1 Å². The van der Waals surface area contributed by atoms with Gasteiger partial charge in [0.05, 0.1) is 30.8 Å². The number of aromatic amines is 1. The van der Waals surface area contributed by atoms with E-state index in [1.165, 1.54) is 65.4 Å². The van der Waals surface area contributed by atoms with Crippen LogP contribution in [0.3, 0.4) is 0 Å². The van der Waals surface area contributed by atoms with Crippen molar-refractivity contribution in [3.8, 4) is 0 Å². The Morgan fingerprint density at radius 3 is 1.80 bits per heavy atom. The smallest absolute Gasteiger partial charge is 0.325 e. The number of carbonyl (C=O) groups is 2. The average molecular weight is 1000 g/mol. The molecule has 3 aromatic heterocycles. The summed E-state index contributed by atoms with van der Waals surface area (Å²) in [6, 6.07) is 0. The Morgan fingerprint density at radius 2 is 1.64 bits per heavy atom. The van der Waals surface area contributed by atoms with Crippen LogP contribution in [0.25, 0.3) is 0 Å². The fraction of sp³-hybridized carbons (Fsp3) is 0.641. The Morgan fingerprint density at radius 1 is 0.841 bits per heavy atom. The van der Waals surface area contributed by atoms with Gasteiger partial charge in [-0.25, -0.2) is 23.9 Å². The molecule has 30 heteroatoms. The first-order valence-electron chi connectivity index (χ1n) is 21.6. The molecule has 0 saturated carbocycles. The number of rotatable bonds is 0. The number of hydrazone groups is 3. The van der Waals surface area contributed by atoms with E-state index in [0.717, 1.165) is 63.8 Å². The minimum absolute atomic E-state index is 0.0417. The maximum Gasteiger partial charge on any atom is 0.325 e. The second-order valence-electron chi connectivity index (χ2n) is 14.4. The predicted octanol–water partition coefficient (Wildman–Crippen LogP) is 2.18. The monoisotopic (exact) mass is 1000 g/mol. The molecule has 69 heavy (non-hydrogen) atoms. The number of ether oxygens (including phenoxy) is 1. The summed E-state index contributed by atoms with van der Waals surface area (Å²) in [5.41, 5.74) is 5.17. The van der Waals surface area contributed by atoms with Crippen LogP contribution in [0.5, 0.6) is 0 Å². The summed E-state index contributed by atoms with van der Waals surface area (Å²) in [5, 5.41) is 48.4. The number of hydrogen-bond donors (Lipinski definition) is 2. The van der Waals surface area contributed by atoms with Crippen molar-refractivity contribution in [1.82, 2.24) is 70.4 Å². The second kappa shape index (κ2) is 38.3. The third-order valence-corrected chi connectivity index (χ3v) is 9.85. The molecule has 0 spiro atoms. The first-order valence-corrected chi connectivity index (χ1v) is 23.5. The minimum Gasteiger partial charge on any atom is -0.479 e. The van der Waals surface area contributed by atoms with E-state index >= 15 is 0 Å². The van der Waals surface area contributed by atoms with Crippen LogP contribution in [0.1, 0.15) is 60.3 Å². The van der Waals surface area contributed by atoms with Crippen molar-refractivity contribution >= 4 is 76.5 Å². The zero-order chi connectivity index (χ0) is 51.1. The zero-order valence-corrected chi connectivity index (χ0v) is 43.2. The van der Waals surface area contributed by atoms with Gasteiger partial charge in [0.2, 0.25) is 5.91 Å². The molecule has 8 aliphatic heterocycles. The number of amides is 2. The first kappa shape index (κ1) is 60.3. The normalized spacial score (nSPS) is 17.8. The van der Waals surface area contributed by atoms with Crippen LogP contribution in [-0.4, -0.2) is 196 Å². The number of nitrogens with zero attached hydrogens (tertiary/aromatic N) is 21. The third kappa shape index (κ3) is 34.3. The third-order valence-electron chi connectivity index (χ3n) is 8.09. The quantitative estimate of drug-likeness (QED) is 0.305. The van der Waals surface area contributed by atoms with Gasteiger partial charge in [0.1, 0.15) is 26.1 Å². The number of imidazole rings is 1. The van der Waals surface area contributed by atoms with Crippen LogP contribution in [0.15, 0.2) is 75.0 Å². The lowest BCUT2D eigenvalue weighted by Crippen LogP contribution is -2.16. The van der Waals surface area contributed by atoms with Gasteiger partial charge in [-0.2, -0.15) is 25.2 Å². The average Bonchev–Trinajstić information content (AvgIpc) is 4.14. The molecule has 3 aromatic rings. The fourth-order valence-electron chi connectivity index (χ4n) is 4.20. The molecule has 0 aliphatic carbocycles. The van der Waals surface area contributed by atoms with Gasteiger partial charge in [-0.15, -0.1) is 27.1 Å². The van der Waals surface area contributed by atoms with Crippen molar-refractivity contribution in [3.63, 3.8) is 0 Å². The lowest BCUT2D eigenvalue weighted by Gasteiger charge is -2.00. The van der Waals surface area contributed by atoms with E-state index in [-0.39, 0.29) is 24.0 Å². The number of hydrogen-bond acceptors (Lipinski definition) is 24. The Labute approximate surface area is 411 Å². The van der Waals surface area contributed by atoms with Crippen molar-refractivity contribution in [1.29, 1.82) is 0 Å². The molecule has 0 bridgehead atoms. The Bertz CT molecular complexity index is 1960. The summed E-state index contributed by atoms with van der Waals surface area (Å²) >= 11 is 3.52. The van der Waals surface area contributed by atoms with Crippen molar-refractivity contribution in [2.75, 3.05) is 78.6 Å². The molecule has 11 heterocycles. The van der Waals surface area contributed by atoms with Crippen molar-refractivity contribution in [3.05, 3.63) is 35.5 Å². The highest BCUT2D eigenvalue weighted by molar-refractivity contribution is 8.14. The molecule has 2 N–H and O–H groups in total. The zero-order valence-electron chi connectivity index (χ0n) is 41.6. The number of carbonyl (C=O) groups excluding carboxylic acids is 2. The standard InChI is InChI=1S/2C4H6N2O.2C4H8N2.2C4H7NO.2C4H7NS.C3H5N3O.2C2H4N4/c1-6-3-2-5-4(6)7;1-6-4(7)2-3-5-6;1-4-2-5-6-3-4;1-6-4-2-3-5-6;1-4-5-2-3-6-4;1-4-2-3-6-5-4;1-4-5-2-3-6-4;1-4-2-3-6-5-4;1-6-3(7)2-4-5-6;1-6-2-3-4-5-6;1-6-4-2-3-5-6/h2-3H,1H3,(H,5,7);3H,2H2,1H3;2,4,6H,3H2,1H3;3H,2,4H2,1H3;4*2-3H2,1H3;2H2,1H3;2*2H,1H3. The van der Waals surface area contributed by atoms with Crippen LogP contribution >= 0.6 is 23.7 Å². The number of nitrogens with one attached hydrogen (secondary N) is 2. The highest BCUT2D eigenvalue weighted by Crippen LogP contribution is 2.13. The lowest BCUT2D eigenvalue weighted by molar-refractivity contribution is -0.127. The van der Waals surface area contributed by atoms with Gasteiger partial charge in [-0.3, -0.25) is 19.6 Å². The van der Waals surface area contributed by atoms with Crippen LogP contribution in [0, 0.1) is 5.92 Å². The summed E-state index contributed by atoms with van der Waals surface area (Å²) in [4.78, 5) is 47.6. The summed E-state index contributed by atoms with van der Waals surface area (Å²) < 4.78 is 12.0. The highest BCUT2D eigenvalue weighted by Gasteiger charge is 2.11. The van der Waals surface area contributed by atoms with E-state index in [9.17, 15) is 14.4 Å². The molecule has 11 rings (SSSR count). The summed E-state index contributed by atoms with van der Waals surface area (Å²) in [6.45, 7) is 15.9. The molecular weight excluding hydrogens is 935 g/mol. The first-order chi connectivity index (χ1) is 33.1. The molecular formula is C39H69N23O5S2. The second-order valence-corrected chi connectivity index (χ2v) is 16.6. The van der Waals surface area contributed by atoms with Gasteiger partial charge in [0, 0.05) is 129 Å². The van der Waals surface area contributed by atoms with Gasteiger partial charge in [-0.05, 0) is 54.8 Å². The Kier molecular flexibility index (Phi) is 33.4. The van der Waals surface area contributed by atoms with Gasteiger partial charge in [0.25, 0.3) is 5.91 Å². The molecule has 0 radical (unpaired) electrons. The predicted molar refractivity (Wildman–Crippen MR) is 272 cm³/mol. The van der Waals surface area contributed by atoms with Gasteiger partial charge in [0.15, 0.2) is 12.2 Å². The lowest BCUT2D eigenvalue weighted by atomic mass is 10.2. The van der Waals surface area contributed by atoms with Crippen LogP contribution in [0.4, 0.5) is 0 Å². The number of likely N-dealkylation sites (N-methyl/N-ethyl adjacent to an activating group) is 1. The van der Waals surface area contributed by atoms with Crippen LogP contribution in [-0.2, 0) is 40.3 Å². The molecule has 28 nitrogen and oxygen atoms in total. The number of H-pyrrole nitrogens is 1. The van der Waals surface area contributed by atoms with E-state index in [0.29, 0.717) is 12.3 Å². The topological polar surface area (TPSA) is 311 Å². The van der Waals surface area contributed by atoms with Crippen molar-refractivity contribution in [2.45, 2.75) is 60.3 Å². The Balaban J connectivity index is 0.000000380. The molecule has 0 aromatic carbocycles. The van der Waals surface area contributed by atoms with E-state index in [1.54, 1.807) is 65.8 Å². The summed E-state index contributed by atoms with van der Waals surface area (Å²) in [6.07, 6.45) is 15.4. The fourth-order valence-corrected chi connectivity index (χ4v) is 5.65. The van der Waals surface area contributed by atoms with E-state index in [2.05, 4.69) is 112 Å². The van der Waals surface area contributed by atoms with Gasteiger partial charge < -0.3 is 29.6 Å². The maximum atomic E-state index is 10.4. The molecule has 0 fully saturated rings. The molecule has 0 saturated heterocycles. The Hall–Kier alpha value is -6.72. The maximum absolute atomic E-state index is 10.4. The van der Waals surface area contributed by atoms with E-state index in [4.69, 9.17) is 4.74 Å². The van der Waals surface area contributed by atoms with Crippen LogP contribution in [0.2, 0.25) is 0 Å². The summed E-state index contributed by atoms with van der Waals surface area (Å²) in [5.74, 6) is 3.90.